The van der Waals surface area contributed by atoms with Crippen LogP contribution in [0.1, 0.15) is 0 Å². The van der Waals surface area contributed by atoms with E-state index in [1.54, 1.807) is 0 Å². The van der Waals surface area contributed by atoms with Crippen molar-refractivity contribution in [1.29, 1.82) is 0 Å². The number of hydrogen-bond acceptors (Lipinski definition) is 2. The summed E-state index contributed by atoms with van der Waals surface area (Å²) in [5.41, 5.74) is 4.48. The summed E-state index contributed by atoms with van der Waals surface area (Å²) < 4.78 is 1.87. The SMILES string of the molecule is Clc1ccc(-c2nn3c4cc(Cl)ccc4nc3c3ccccc23)cc1. The van der Waals surface area contributed by atoms with E-state index in [0.717, 1.165) is 38.7 Å². The zero-order chi connectivity index (χ0) is 17.0. The lowest BCUT2D eigenvalue weighted by Crippen LogP contribution is -1.97. The summed E-state index contributed by atoms with van der Waals surface area (Å²) >= 11 is 12.2. The van der Waals surface area contributed by atoms with Gasteiger partial charge in [-0.05, 0) is 30.3 Å². The van der Waals surface area contributed by atoms with Crippen molar-refractivity contribution >= 4 is 50.7 Å². The summed E-state index contributed by atoms with van der Waals surface area (Å²) in [7, 11) is 0. The molecule has 0 bridgehead atoms. The highest BCUT2D eigenvalue weighted by atomic mass is 35.5. The quantitative estimate of drug-likeness (QED) is 0.365. The zero-order valence-corrected chi connectivity index (χ0v) is 14.5. The smallest absolute Gasteiger partial charge is 0.162 e. The molecular weight excluding hydrogens is 353 g/mol. The third-order valence-electron chi connectivity index (χ3n) is 4.33. The molecule has 0 aliphatic rings. The van der Waals surface area contributed by atoms with E-state index in [1.807, 2.05) is 59.1 Å². The number of halogens is 2. The van der Waals surface area contributed by atoms with Crippen LogP contribution in [0.15, 0.2) is 66.7 Å². The fourth-order valence-electron chi connectivity index (χ4n) is 3.17. The molecule has 5 aromatic rings. The van der Waals surface area contributed by atoms with Gasteiger partial charge in [0.15, 0.2) is 5.65 Å². The van der Waals surface area contributed by atoms with E-state index in [0.29, 0.717) is 10.0 Å². The minimum atomic E-state index is 0.664. The summed E-state index contributed by atoms with van der Waals surface area (Å²) in [5, 5.41) is 8.36. The van der Waals surface area contributed by atoms with Crippen LogP contribution < -0.4 is 0 Å². The van der Waals surface area contributed by atoms with Crippen LogP contribution in [-0.2, 0) is 0 Å². The summed E-state index contributed by atoms with van der Waals surface area (Å²) in [4.78, 5) is 4.75. The van der Waals surface area contributed by atoms with Crippen molar-refractivity contribution in [1.82, 2.24) is 14.6 Å². The van der Waals surface area contributed by atoms with Crippen LogP contribution in [-0.4, -0.2) is 14.6 Å². The topological polar surface area (TPSA) is 30.2 Å². The number of benzene rings is 3. The van der Waals surface area contributed by atoms with E-state index in [2.05, 4.69) is 12.1 Å². The second-order valence-electron chi connectivity index (χ2n) is 5.88. The Morgan fingerprint density at radius 2 is 1.48 bits per heavy atom. The van der Waals surface area contributed by atoms with E-state index in [4.69, 9.17) is 33.3 Å². The Labute approximate surface area is 153 Å². The molecule has 0 aliphatic heterocycles. The van der Waals surface area contributed by atoms with E-state index >= 15 is 0 Å². The second-order valence-corrected chi connectivity index (χ2v) is 6.75. The van der Waals surface area contributed by atoms with Crippen molar-refractivity contribution in [3.05, 3.63) is 76.8 Å². The molecule has 5 heteroatoms. The maximum absolute atomic E-state index is 6.18. The maximum atomic E-state index is 6.18. The first-order valence-corrected chi connectivity index (χ1v) is 8.59. The molecule has 5 rings (SSSR count). The first-order chi connectivity index (χ1) is 12.2. The lowest BCUT2D eigenvalue weighted by atomic mass is 10.1. The molecule has 0 saturated carbocycles. The minimum absolute atomic E-state index is 0.664. The summed E-state index contributed by atoms with van der Waals surface area (Å²) in [6, 6.07) is 21.5. The van der Waals surface area contributed by atoms with Gasteiger partial charge in [-0.25, -0.2) is 9.50 Å². The van der Waals surface area contributed by atoms with E-state index in [-0.39, 0.29) is 0 Å². The molecule has 120 valence electrons. The van der Waals surface area contributed by atoms with Crippen molar-refractivity contribution in [2.75, 3.05) is 0 Å². The van der Waals surface area contributed by atoms with Gasteiger partial charge in [0, 0.05) is 26.4 Å². The Balaban J connectivity index is 1.97. The third-order valence-corrected chi connectivity index (χ3v) is 4.82. The summed E-state index contributed by atoms with van der Waals surface area (Å²) in [6.07, 6.45) is 0. The van der Waals surface area contributed by atoms with Crippen LogP contribution in [0.5, 0.6) is 0 Å². The number of nitrogens with zero attached hydrogens (tertiary/aromatic N) is 3. The van der Waals surface area contributed by atoms with Gasteiger partial charge < -0.3 is 0 Å². The van der Waals surface area contributed by atoms with Crippen molar-refractivity contribution in [3.8, 4) is 11.3 Å². The zero-order valence-electron chi connectivity index (χ0n) is 12.9. The molecule has 3 nitrogen and oxygen atoms in total. The normalized spacial score (nSPS) is 11.6. The molecular formula is C20H11Cl2N3. The second kappa shape index (κ2) is 5.45. The molecule has 25 heavy (non-hydrogen) atoms. The maximum Gasteiger partial charge on any atom is 0.162 e. The molecule has 0 amide bonds. The van der Waals surface area contributed by atoms with Crippen LogP contribution in [0, 0.1) is 0 Å². The Morgan fingerprint density at radius 1 is 0.760 bits per heavy atom. The molecule has 2 heterocycles. The number of aromatic nitrogens is 3. The Kier molecular flexibility index (Phi) is 3.20. The molecule has 0 atom stereocenters. The van der Waals surface area contributed by atoms with Crippen molar-refractivity contribution in [3.63, 3.8) is 0 Å². The number of hydrogen-bond donors (Lipinski definition) is 0. The predicted molar refractivity (Wildman–Crippen MR) is 103 cm³/mol. The molecule has 0 aliphatic carbocycles. The fraction of sp³-hybridized carbons (Fsp3) is 0. The molecule has 0 unspecified atom stereocenters. The first kappa shape index (κ1) is 14.7. The highest BCUT2D eigenvalue weighted by Gasteiger charge is 2.14. The predicted octanol–water partition coefficient (Wildman–Crippen LogP) is 6.01. The monoisotopic (exact) mass is 363 g/mol. The van der Waals surface area contributed by atoms with Crippen LogP contribution in [0.4, 0.5) is 0 Å². The average Bonchev–Trinajstić information content (AvgIpc) is 3.00. The van der Waals surface area contributed by atoms with E-state index < -0.39 is 0 Å². The van der Waals surface area contributed by atoms with Gasteiger partial charge in [0.2, 0.25) is 0 Å². The van der Waals surface area contributed by atoms with Crippen molar-refractivity contribution in [2.24, 2.45) is 0 Å². The van der Waals surface area contributed by atoms with Gasteiger partial charge in [-0.1, -0.05) is 59.6 Å². The lowest BCUT2D eigenvalue weighted by Gasteiger charge is -2.08. The van der Waals surface area contributed by atoms with Gasteiger partial charge in [0.1, 0.15) is 0 Å². The van der Waals surface area contributed by atoms with Gasteiger partial charge in [0.25, 0.3) is 0 Å². The van der Waals surface area contributed by atoms with Gasteiger partial charge in [0.05, 0.1) is 16.7 Å². The van der Waals surface area contributed by atoms with Crippen LogP contribution >= 0.6 is 23.2 Å². The Bertz CT molecular complexity index is 1260. The third kappa shape index (κ3) is 2.28. The van der Waals surface area contributed by atoms with E-state index in [1.165, 1.54) is 0 Å². The van der Waals surface area contributed by atoms with Crippen molar-refractivity contribution < 1.29 is 0 Å². The van der Waals surface area contributed by atoms with Gasteiger partial charge in [-0.3, -0.25) is 0 Å². The average molecular weight is 364 g/mol. The Hall–Kier alpha value is -2.62. The standard InChI is InChI=1S/C20H11Cl2N3/c21-13-7-5-12(6-8-13)19-15-3-1-2-4-16(15)20-23-17-10-9-14(22)11-18(17)25(20)24-19/h1-11H. The van der Waals surface area contributed by atoms with Crippen molar-refractivity contribution in [2.45, 2.75) is 0 Å². The molecule has 2 aromatic heterocycles. The number of rotatable bonds is 1. The summed E-state index contributed by atoms with van der Waals surface area (Å²) in [5.74, 6) is 0. The van der Waals surface area contributed by atoms with Gasteiger partial charge >= 0.3 is 0 Å². The van der Waals surface area contributed by atoms with Gasteiger partial charge in [-0.2, -0.15) is 5.10 Å². The first-order valence-electron chi connectivity index (χ1n) is 7.83. The number of imidazole rings is 1. The molecule has 0 saturated heterocycles. The van der Waals surface area contributed by atoms with Crippen LogP contribution in [0.25, 0.3) is 38.7 Å². The molecule has 0 N–H and O–H groups in total. The molecule has 0 radical (unpaired) electrons. The molecule has 0 fully saturated rings. The summed E-state index contributed by atoms with van der Waals surface area (Å²) in [6.45, 7) is 0. The number of fused-ring (bicyclic) bond motifs is 5. The van der Waals surface area contributed by atoms with Crippen LogP contribution in [0.3, 0.4) is 0 Å². The molecule has 3 aromatic carbocycles. The lowest BCUT2D eigenvalue weighted by molar-refractivity contribution is 0.985. The molecule has 0 spiro atoms. The van der Waals surface area contributed by atoms with E-state index in [9.17, 15) is 0 Å². The minimum Gasteiger partial charge on any atom is -0.226 e. The van der Waals surface area contributed by atoms with Crippen LogP contribution in [0.2, 0.25) is 10.0 Å². The highest BCUT2D eigenvalue weighted by Crippen LogP contribution is 2.31. The Morgan fingerprint density at radius 3 is 2.28 bits per heavy atom. The fourth-order valence-corrected chi connectivity index (χ4v) is 3.46. The largest absolute Gasteiger partial charge is 0.226 e. The van der Waals surface area contributed by atoms with Gasteiger partial charge in [-0.15, -0.1) is 0 Å². The highest BCUT2D eigenvalue weighted by molar-refractivity contribution is 6.31.